The minimum atomic E-state index is -1.10. The van der Waals surface area contributed by atoms with Gasteiger partial charge in [-0.15, -0.1) is 11.8 Å². The topological polar surface area (TPSA) is 108 Å². The van der Waals surface area contributed by atoms with Crippen LogP contribution in [0.25, 0.3) is 0 Å². The van der Waals surface area contributed by atoms with Crippen LogP contribution in [0.3, 0.4) is 0 Å². The summed E-state index contributed by atoms with van der Waals surface area (Å²) in [6.45, 7) is 3.57. The molecule has 1 atom stereocenters. The molecule has 0 aromatic heterocycles. The molecule has 32 heavy (non-hydrogen) atoms. The first kappa shape index (κ1) is 23.3. The van der Waals surface area contributed by atoms with Crippen LogP contribution in [0, 0.1) is 6.92 Å². The number of aryl methyl sites for hydroxylation is 2. The fourth-order valence-corrected chi connectivity index (χ4v) is 3.92. The van der Waals surface area contributed by atoms with E-state index in [1.807, 2.05) is 55.5 Å². The molecule has 1 aliphatic heterocycles. The van der Waals surface area contributed by atoms with Crippen molar-refractivity contribution in [3.8, 4) is 0 Å². The molecule has 1 saturated heterocycles. The van der Waals surface area contributed by atoms with Crippen molar-refractivity contribution in [2.75, 3.05) is 16.8 Å². The van der Waals surface area contributed by atoms with E-state index in [0.29, 0.717) is 18.5 Å². The molecule has 0 radical (unpaired) electrons. The van der Waals surface area contributed by atoms with E-state index < -0.39 is 23.4 Å². The Balaban J connectivity index is 1.44. The molecule has 168 valence electrons. The molecule has 1 unspecified atom stereocenters. The molecule has 2 aromatic rings. The van der Waals surface area contributed by atoms with Crippen molar-refractivity contribution in [1.29, 1.82) is 0 Å². The fraction of sp³-hybridized carbons (Fsp3) is 0.304. The molecule has 1 fully saturated rings. The summed E-state index contributed by atoms with van der Waals surface area (Å²) in [4.78, 5) is 49.3. The second-order valence-electron chi connectivity index (χ2n) is 7.83. The number of imide groups is 1. The summed E-state index contributed by atoms with van der Waals surface area (Å²) < 4.78 is 0. The van der Waals surface area contributed by atoms with Gasteiger partial charge in [-0.05, 0) is 49.9 Å². The smallest absolute Gasteiger partial charge is 0.325 e. The summed E-state index contributed by atoms with van der Waals surface area (Å²) in [7, 11) is 0. The van der Waals surface area contributed by atoms with Gasteiger partial charge < -0.3 is 10.6 Å². The molecule has 0 spiro atoms. The number of carbonyl (C=O) groups is 4. The van der Waals surface area contributed by atoms with E-state index in [1.165, 1.54) is 0 Å². The van der Waals surface area contributed by atoms with Crippen molar-refractivity contribution < 1.29 is 19.2 Å². The van der Waals surface area contributed by atoms with E-state index in [9.17, 15) is 19.2 Å². The summed E-state index contributed by atoms with van der Waals surface area (Å²) >= 11 is 1.09. The zero-order valence-corrected chi connectivity index (χ0v) is 18.8. The van der Waals surface area contributed by atoms with Gasteiger partial charge in [-0.2, -0.15) is 5.01 Å². The average molecular weight is 455 g/mol. The third-order valence-electron chi connectivity index (χ3n) is 5.02. The lowest BCUT2D eigenvalue weighted by molar-refractivity contribution is -0.138. The van der Waals surface area contributed by atoms with Crippen LogP contribution in [0.5, 0.6) is 0 Å². The van der Waals surface area contributed by atoms with Crippen LogP contribution in [-0.4, -0.2) is 45.8 Å². The molecule has 2 aromatic carbocycles. The van der Waals surface area contributed by atoms with E-state index in [2.05, 4.69) is 16.1 Å². The van der Waals surface area contributed by atoms with Crippen LogP contribution in [0.15, 0.2) is 54.6 Å². The molecule has 1 heterocycles. The number of hydrogen-bond acceptors (Lipinski definition) is 5. The van der Waals surface area contributed by atoms with Gasteiger partial charge in [0.25, 0.3) is 5.91 Å². The maximum absolute atomic E-state index is 12.8. The van der Waals surface area contributed by atoms with Crippen LogP contribution in [-0.2, 0) is 20.8 Å². The predicted molar refractivity (Wildman–Crippen MR) is 124 cm³/mol. The Morgan fingerprint density at radius 1 is 1.03 bits per heavy atom. The molecule has 5 amide bonds. The first-order chi connectivity index (χ1) is 15.3. The van der Waals surface area contributed by atoms with E-state index in [1.54, 1.807) is 13.0 Å². The molecule has 8 nitrogen and oxygen atoms in total. The lowest BCUT2D eigenvalue weighted by Crippen LogP contribution is -2.49. The zero-order valence-electron chi connectivity index (χ0n) is 18.0. The minimum Gasteiger partial charge on any atom is -0.325 e. The number of urea groups is 1. The van der Waals surface area contributed by atoms with Gasteiger partial charge in [0.2, 0.25) is 11.8 Å². The molecular formula is C23H26N4O4S. The van der Waals surface area contributed by atoms with Gasteiger partial charge in [0, 0.05) is 5.69 Å². The Morgan fingerprint density at radius 3 is 2.47 bits per heavy atom. The van der Waals surface area contributed by atoms with Crippen molar-refractivity contribution >= 4 is 41.2 Å². The first-order valence-electron chi connectivity index (χ1n) is 10.2. The highest BCUT2D eigenvalue weighted by molar-refractivity contribution is 8.00. The predicted octanol–water partition coefficient (Wildman–Crippen LogP) is 2.64. The van der Waals surface area contributed by atoms with Crippen molar-refractivity contribution in [2.45, 2.75) is 32.2 Å². The number of thioether (sulfide) groups is 1. The maximum Gasteiger partial charge on any atom is 0.344 e. The second-order valence-corrected chi connectivity index (χ2v) is 8.82. The summed E-state index contributed by atoms with van der Waals surface area (Å²) in [6.07, 6.45) is 1.01. The second kappa shape index (κ2) is 10.3. The average Bonchev–Trinajstić information content (AvgIpc) is 2.96. The van der Waals surface area contributed by atoms with Gasteiger partial charge in [-0.3, -0.25) is 19.8 Å². The number of nitrogens with zero attached hydrogens (tertiary/aromatic N) is 1. The maximum atomic E-state index is 12.8. The van der Waals surface area contributed by atoms with E-state index in [4.69, 9.17) is 0 Å². The Bertz CT molecular complexity index is 1010. The molecule has 0 aliphatic carbocycles. The monoisotopic (exact) mass is 454 g/mol. The van der Waals surface area contributed by atoms with Gasteiger partial charge in [0.1, 0.15) is 5.54 Å². The molecule has 1 aliphatic rings. The highest BCUT2D eigenvalue weighted by Gasteiger charge is 2.48. The number of nitrogens with one attached hydrogen (secondary N) is 3. The summed E-state index contributed by atoms with van der Waals surface area (Å²) in [5, 5.41) is 6.15. The summed E-state index contributed by atoms with van der Waals surface area (Å²) in [5.74, 6) is -1.28. The van der Waals surface area contributed by atoms with E-state index >= 15 is 0 Å². The number of benzene rings is 2. The Kier molecular flexibility index (Phi) is 7.53. The number of hydrogen-bond donors (Lipinski definition) is 3. The third-order valence-corrected chi connectivity index (χ3v) is 5.95. The van der Waals surface area contributed by atoms with Gasteiger partial charge >= 0.3 is 6.03 Å². The molecule has 9 heteroatoms. The first-order valence-corrected chi connectivity index (χ1v) is 11.4. The van der Waals surface area contributed by atoms with Crippen molar-refractivity contribution in [3.63, 3.8) is 0 Å². The minimum absolute atomic E-state index is 0.0658. The normalized spacial score (nSPS) is 17.8. The van der Waals surface area contributed by atoms with Crippen LogP contribution in [0.1, 0.15) is 24.5 Å². The number of hydrazine groups is 1. The molecular weight excluding hydrogens is 428 g/mol. The number of amides is 5. The number of rotatable bonds is 9. The zero-order chi connectivity index (χ0) is 23.1. The van der Waals surface area contributed by atoms with Crippen LogP contribution in [0.2, 0.25) is 0 Å². The van der Waals surface area contributed by atoms with Gasteiger partial charge in [-0.1, -0.05) is 42.5 Å². The Labute approximate surface area is 191 Å². The summed E-state index contributed by atoms with van der Waals surface area (Å²) in [6, 6.07) is 16.4. The van der Waals surface area contributed by atoms with Gasteiger partial charge in [0.05, 0.1) is 11.5 Å². The largest absolute Gasteiger partial charge is 0.344 e. The van der Waals surface area contributed by atoms with Gasteiger partial charge in [-0.25, -0.2) is 4.79 Å². The van der Waals surface area contributed by atoms with Crippen molar-refractivity contribution in [2.24, 2.45) is 0 Å². The van der Waals surface area contributed by atoms with Crippen LogP contribution < -0.4 is 16.1 Å². The Morgan fingerprint density at radius 2 is 1.75 bits per heavy atom. The molecule has 3 rings (SSSR count). The third kappa shape index (κ3) is 6.10. The fourth-order valence-electron chi connectivity index (χ4n) is 3.31. The molecule has 3 N–H and O–H groups in total. The van der Waals surface area contributed by atoms with Gasteiger partial charge in [0.15, 0.2) is 0 Å². The van der Waals surface area contributed by atoms with Crippen molar-refractivity contribution in [3.05, 3.63) is 65.7 Å². The SMILES string of the molecule is Cc1cccc(NC(=O)CSCC(=O)NN2C(=O)NC(C)(CCc3ccccc3)C2=O)c1. The summed E-state index contributed by atoms with van der Waals surface area (Å²) in [5.41, 5.74) is 4.02. The highest BCUT2D eigenvalue weighted by atomic mass is 32.2. The van der Waals surface area contributed by atoms with E-state index in [0.717, 1.165) is 27.9 Å². The molecule has 0 saturated carbocycles. The molecule has 0 bridgehead atoms. The lowest BCUT2D eigenvalue weighted by Gasteiger charge is -2.21. The van der Waals surface area contributed by atoms with Crippen molar-refractivity contribution in [1.82, 2.24) is 15.8 Å². The number of carbonyl (C=O) groups excluding carboxylic acids is 4. The standard InChI is InChI=1S/C23H26N4O4S/c1-16-7-6-10-18(13-16)24-19(28)14-32-15-20(29)26-27-21(30)23(2,25-22(27)31)12-11-17-8-4-3-5-9-17/h3-10,13H,11-12,14-15H2,1-2H3,(H,24,28)(H,25,31)(H,26,29). The van der Waals surface area contributed by atoms with Crippen LogP contribution >= 0.6 is 11.8 Å². The number of anilines is 1. The lowest BCUT2D eigenvalue weighted by atomic mass is 9.93. The quantitative estimate of drug-likeness (QED) is 0.505. The van der Waals surface area contributed by atoms with E-state index in [-0.39, 0.29) is 17.4 Å². The highest BCUT2D eigenvalue weighted by Crippen LogP contribution is 2.22. The van der Waals surface area contributed by atoms with Crippen LogP contribution in [0.4, 0.5) is 10.5 Å². The Hall–Kier alpha value is -3.33.